The van der Waals surface area contributed by atoms with Gasteiger partial charge in [0.1, 0.15) is 0 Å². The van der Waals surface area contributed by atoms with E-state index in [2.05, 4.69) is 24.1 Å². The van der Waals surface area contributed by atoms with Crippen molar-refractivity contribution in [3.63, 3.8) is 0 Å². The molecule has 0 spiro atoms. The lowest BCUT2D eigenvalue weighted by Gasteiger charge is -2.17. The highest BCUT2D eigenvalue weighted by molar-refractivity contribution is 4.54. The van der Waals surface area contributed by atoms with Crippen molar-refractivity contribution >= 4 is 0 Å². The Labute approximate surface area is 88.8 Å². The molecule has 86 valence electrons. The van der Waals surface area contributed by atoms with Crippen molar-refractivity contribution in [3.05, 3.63) is 0 Å². The van der Waals surface area contributed by atoms with Crippen molar-refractivity contribution in [1.82, 2.24) is 10.2 Å². The third kappa shape index (κ3) is 8.48. The Balaban J connectivity index is 3.04. The van der Waals surface area contributed by atoms with E-state index in [9.17, 15) is 0 Å². The van der Waals surface area contributed by atoms with Gasteiger partial charge < -0.3 is 15.0 Å². The Morgan fingerprint density at radius 3 is 2.29 bits per heavy atom. The van der Waals surface area contributed by atoms with Gasteiger partial charge in [0.25, 0.3) is 0 Å². The first-order valence-corrected chi connectivity index (χ1v) is 5.77. The maximum atomic E-state index is 4.97. The van der Waals surface area contributed by atoms with Crippen LogP contribution < -0.4 is 5.32 Å². The van der Waals surface area contributed by atoms with E-state index in [1.54, 1.807) is 7.11 Å². The maximum Gasteiger partial charge on any atom is 0.0474 e. The summed E-state index contributed by atoms with van der Waals surface area (Å²) >= 11 is 0. The van der Waals surface area contributed by atoms with Crippen molar-refractivity contribution in [3.8, 4) is 0 Å². The SMILES string of the molecule is CCN(CC)CCCNCCCOC. The summed E-state index contributed by atoms with van der Waals surface area (Å²) in [6, 6.07) is 0. The van der Waals surface area contributed by atoms with E-state index < -0.39 is 0 Å². The van der Waals surface area contributed by atoms with Gasteiger partial charge in [0, 0.05) is 13.7 Å². The predicted octanol–water partition coefficient (Wildman–Crippen LogP) is 1.34. The second-order valence-corrected chi connectivity index (χ2v) is 3.48. The highest BCUT2D eigenvalue weighted by Gasteiger charge is 1.97. The number of nitrogens with one attached hydrogen (secondary N) is 1. The average molecular weight is 202 g/mol. The molecule has 0 saturated carbocycles. The number of hydrogen-bond donors (Lipinski definition) is 1. The summed E-state index contributed by atoms with van der Waals surface area (Å²) in [6.45, 7) is 11.0. The van der Waals surface area contributed by atoms with Crippen molar-refractivity contribution in [2.75, 3.05) is 46.4 Å². The molecule has 0 atom stereocenters. The summed E-state index contributed by atoms with van der Waals surface area (Å²) < 4.78 is 4.97. The second-order valence-electron chi connectivity index (χ2n) is 3.48. The van der Waals surface area contributed by atoms with E-state index in [0.717, 1.165) is 26.1 Å². The van der Waals surface area contributed by atoms with E-state index in [1.807, 2.05) is 0 Å². The minimum Gasteiger partial charge on any atom is -0.385 e. The fraction of sp³-hybridized carbons (Fsp3) is 1.00. The van der Waals surface area contributed by atoms with E-state index in [0.29, 0.717) is 0 Å². The number of hydrogen-bond acceptors (Lipinski definition) is 3. The fourth-order valence-corrected chi connectivity index (χ4v) is 1.43. The van der Waals surface area contributed by atoms with Crippen LogP contribution in [0.5, 0.6) is 0 Å². The Hall–Kier alpha value is -0.120. The minimum atomic E-state index is 0.864. The molecule has 0 rings (SSSR count). The summed E-state index contributed by atoms with van der Waals surface area (Å²) in [5.74, 6) is 0. The molecule has 0 bridgehead atoms. The van der Waals surface area contributed by atoms with Crippen molar-refractivity contribution in [1.29, 1.82) is 0 Å². The lowest BCUT2D eigenvalue weighted by Crippen LogP contribution is -2.27. The van der Waals surface area contributed by atoms with Gasteiger partial charge in [-0.2, -0.15) is 0 Å². The van der Waals surface area contributed by atoms with Crippen LogP contribution >= 0.6 is 0 Å². The van der Waals surface area contributed by atoms with E-state index in [4.69, 9.17) is 4.74 Å². The fourth-order valence-electron chi connectivity index (χ4n) is 1.43. The molecule has 0 aromatic heterocycles. The lowest BCUT2D eigenvalue weighted by atomic mass is 10.3. The quantitative estimate of drug-likeness (QED) is 0.541. The normalized spacial score (nSPS) is 11.1. The summed E-state index contributed by atoms with van der Waals surface area (Å²) in [5.41, 5.74) is 0. The first kappa shape index (κ1) is 13.9. The van der Waals surface area contributed by atoms with Crippen LogP contribution in [-0.2, 0) is 4.74 Å². The molecule has 1 N–H and O–H groups in total. The monoisotopic (exact) mass is 202 g/mol. The molecule has 0 aliphatic rings. The summed E-state index contributed by atoms with van der Waals surface area (Å²) in [5, 5.41) is 3.42. The Morgan fingerprint density at radius 1 is 1.07 bits per heavy atom. The van der Waals surface area contributed by atoms with Crippen LogP contribution in [0.2, 0.25) is 0 Å². The first-order chi connectivity index (χ1) is 6.85. The predicted molar refractivity (Wildman–Crippen MR) is 61.8 cm³/mol. The summed E-state index contributed by atoms with van der Waals surface area (Å²) in [7, 11) is 1.75. The molecule has 0 amide bonds. The average Bonchev–Trinajstić information content (AvgIpc) is 2.22. The standard InChI is InChI=1S/C11H26N2O/c1-4-13(5-2)10-6-8-12-9-7-11-14-3/h12H,4-11H2,1-3H3. The van der Waals surface area contributed by atoms with Gasteiger partial charge in [0.05, 0.1) is 0 Å². The van der Waals surface area contributed by atoms with Gasteiger partial charge in [-0.15, -0.1) is 0 Å². The molecule has 14 heavy (non-hydrogen) atoms. The van der Waals surface area contributed by atoms with E-state index >= 15 is 0 Å². The Morgan fingerprint density at radius 2 is 1.71 bits per heavy atom. The molecule has 0 aliphatic carbocycles. The molecule has 0 aromatic rings. The van der Waals surface area contributed by atoms with Gasteiger partial charge in [-0.1, -0.05) is 13.8 Å². The summed E-state index contributed by atoms with van der Waals surface area (Å²) in [4.78, 5) is 2.46. The van der Waals surface area contributed by atoms with Crippen LogP contribution in [0.3, 0.4) is 0 Å². The van der Waals surface area contributed by atoms with Crippen LogP contribution in [0.1, 0.15) is 26.7 Å². The van der Waals surface area contributed by atoms with Gasteiger partial charge in [-0.3, -0.25) is 0 Å². The van der Waals surface area contributed by atoms with E-state index in [-0.39, 0.29) is 0 Å². The maximum absolute atomic E-state index is 4.97. The van der Waals surface area contributed by atoms with Crippen LogP contribution in [0.25, 0.3) is 0 Å². The molecule has 0 saturated heterocycles. The van der Waals surface area contributed by atoms with Crippen molar-refractivity contribution in [2.45, 2.75) is 26.7 Å². The van der Waals surface area contributed by atoms with Gasteiger partial charge in [-0.25, -0.2) is 0 Å². The van der Waals surface area contributed by atoms with Crippen molar-refractivity contribution < 1.29 is 4.74 Å². The highest BCUT2D eigenvalue weighted by Crippen LogP contribution is 1.89. The molecule has 0 heterocycles. The van der Waals surface area contributed by atoms with E-state index in [1.165, 1.54) is 26.1 Å². The molecule has 0 radical (unpaired) electrons. The number of rotatable bonds is 10. The number of nitrogens with zero attached hydrogens (tertiary/aromatic N) is 1. The lowest BCUT2D eigenvalue weighted by molar-refractivity contribution is 0.194. The zero-order valence-electron chi connectivity index (χ0n) is 10.0. The third-order valence-electron chi connectivity index (χ3n) is 2.42. The van der Waals surface area contributed by atoms with Crippen LogP contribution in [-0.4, -0.2) is 51.3 Å². The molecule has 3 heteroatoms. The molecule has 0 unspecified atom stereocenters. The number of ether oxygens (including phenoxy) is 1. The van der Waals surface area contributed by atoms with Crippen molar-refractivity contribution in [2.24, 2.45) is 0 Å². The van der Waals surface area contributed by atoms with Gasteiger partial charge in [0.2, 0.25) is 0 Å². The first-order valence-electron chi connectivity index (χ1n) is 5.77. The minimum absolute atomic E-state index is 0.864. The zero-order valence-corrected chi connectivity index (χ0v) is 10.0. The molecule has 0 aliphatic heterocycles. The molecular formula is C11H26N2O. The molecular weight excluding hydrogens is 176 g/mol. The second kappa shape index (κ2) is 11.0. The smallest absolute Gasteiger partial charge is 0.0474 e. The molecule has 3 nitrogen and oxygen atoms in total. The van der Waals surface area contributed by atoms with Crippen LogP contribution in [0.15, 0.2) is 0 Å². The highest BCUT2D eigenvalue weighted by atomic mass is 16.5. The Bertz CT molecular complexity index is 105. The topological polar surface area (TPSA) is 24.5 Å². The van der Waals surface area contributed by atoms with Crippen LogP contribution in [0.4, 0.5) is 0 Å². The van der Waals surface area contributed by atoms with Crippen LogP contribution in [0, 0.1) is 0 Å². The van der Waals surface area contributed by atoms with Gasteiger partial charge in [0.15, 0.2) is 0 Å². The van der Waals surface area contributed by atoms with Gasteiger partial charge in [-0.05, 0) is 45.6 Å². The largest absolute Gasteiger partial charge is 0.385 e. The molecule has 0 aromatic carbocycles. The Kier molecular flexibility index (Phi) is 10.9. The molecule has 0 fully saturated rings. The zero-order chi connectivity index (χ0) is 10.6. The third-order valence-corrected chi connectivity index (χ3v) is 2.42. The summed E-state index contributed by atoms with van der Waals surface area (Å²) in [6.07, 6.45) is 2.36. The number of methoxy groups -OCH3 is 1. The van der Waals surface area contributed by atoms with Gasteiger partial charge >= 0.3 is 0 Å².